The van der Waals surface area contributed by atoms with Gasteiger partial charge in [-0.05, 0) is 50.8 Å². The molecule has 0 bridgehead atoms. The minimum absolute atomic E-state index is 0.632. The van der Waals surface area contributed by atoms with Crippen molar-refractivity contribution in [1.29, 1.82) is 0 Å². The van der Waals surface area contributed by atoms with Crippen LogP contribution >= 0.6 is 11.8 Å². The third-order valence-electron chi connectivity index (χ3n) is 3.16. The molecule has 0 spiro atoms. The number of rotatable bonds is 4. The molecular formula is C15H19N3S. The highest BCUT2D eigenvalue weighted by Crippen LogP contribution is 2.22. The number of aryl methyl sites for hydroxylation is 2. The molecule has 2 aromatic rings. The van der Waals surface area contributed by atoms with Crippen LogP contribution in [-0.2, 0) is 6.42 Å². The van der Waals surface area contributed by atoms with Gasteiger partial charge in [0, 0.05) is 21.8 Å². The molecule has 0 unspecified atom stereocenters. The van der Waals surface area contributed by atoms with Crippen LogP contribution < -0.4 is 5.73 Å². The maximum absolute atomic E-state index is 5.62. The Bertz CT molecular complexity index is 541. The average Bonchev–Trinajstić information content (AvgIpc) is 2.43. The van der Waals surface area contributed by atoms with E-state index in [0.29, 0.717) is 6.54 Å². The van der Waals surface area contributed by atoms with Crippen LogP contribution in [-0.4, -0.2) is 22.8 Å². The van der Waals surface area contributed by atoms with Crippen LogP contribution in [0, 0.1) is 13.8 Å². The first-order chi connectivity index (χ1) is 9.15. The molecule has 2 rings (SSSR count). The van der Waals surface area contributed by atoms with Crippen molar-refractivity contribution in [1.82, 2.24) is 9.97 Å². The summed E-state index contributed by atoms with van der Waals surface area (Å²) in [7, 11) is 0. The van der Waals surface area contributed by atoms with E-state index in [9.17, 15) is 0 Å². The summed E-state index contributed by atoms with van der Waals surface area (Å²) in [5.41, 5.74) is 9.91. The fourth-order valence-corrected chi connectivity index (χ4v) is 2.52. The lowest BCUT2D eigenvalue weighted by molar-refractivity contribution is 0.898. The zero-order valence-electron chi connectivity index (χ0n) is 11.6. The third-order valence-corrected chi connectivity index (χ3v) is 3.91. The summed E-state index contributed by atoms with van der Waals surface area (Å²) in [6.07, 6.45) is 2.91. The number of nitrogens with zero attached hydrogens (tertiary/aromatic N) is 2. The summed E-state index contributed by atoms with van der Waals surface area (Å²) in [5, 5.41) is 0. The van der Waals surface area contributed by atoms with Crippen molar-refractivity contribution >= 4 is 11.8 Å². The van der Waals surface area contributed by atoms with Crippen molar-refractivity contribution in [3.05, 3.63) is 41.2 Å². The number of hydrogen-bond acceptors (Lipinski definition) is 4. The van der Waals surface area contributed by atoms with Crippen LogP contribution in [0.2, 0.25) is 0 Å². The summed E-state index contributed by atoms with van der Waals surface area (Å²) in [6.45, 7) is 4.69. The monoisotopic (exact) mass is 273 g/mol. The van der Waals surface area contributed by atoms with Crippen LogP contribution in [0.5, 0.6) is 0 Å². The van der Waals surface area contributed by atoms with Crippen molar-refractivity contribution < 1.29 is 0 Å². The Kier molecular flexibility index (Phi) is 4.56. The van der Waals surface area contributed by atoms with Gasteiger partial charge in [-0.3, -0.25) is 0 Å². The molecule has 19 heavy (non-hydrogen) atoms. The van der Waals surface area contributed by atoms with E-state index in [4.69, 9.17) is 5.73 Å². The highest BCUT2D eigenvalue weighted by Gasteiger charge is 2.09. The van der Waals surface area contributed by atoms with Crippen LogP contribution in [0.25, 0.3) is 11.4 Å². The molecule has 3 nitrogen and oxygen atoms in total. The van der Waals surface area contributed by atoms with E-state index < -0.39 is 0 Å². The first-order valence-electron chi connectivity index (χ1n) is 6.34. The van der Waals surface area contributed by atoms with Gasteiger partial charge in [-0.2, -0.15) is 0 Å². The van der Waals surface area contributed by atoms with Gasteiger partial charge in [0.15, 0.2) is 5.82 Å². The topological polar surface area (TPSA) is 51.8 Å². The van der Waals surface area contributed by atoms with Crippen molar-refractivity contribution in [2.75, 3.05) is 12.8 Å². The SMILES string of the molecule is CSc1ccc(-c2nc(C)c(CCN)c(C)n2)cc1. The van der Waals surface area contributed by atoms with Crippen molar-refractivity contribution in [3.8, 4) is 11.4 Å². The Balaban J connectivity index is 2.39. The fraction of sp³-hybridized carbons (Fsp3) is 0.333. The Hall–Kier alpha value is -1.39. The van der Waals surface area contributed by atoms with E-state index in [0.717, 1.165) is 29.2 Å². The molecule has 1 aromatic carbocycles. The zero-order valence-corrected chi connectivity index (χ0v) is 12.4. The third kappa shape index (κ3) is 3.14. The summed E-state index contributed by atoms with van der Waals surface area (Å²) < 4.78 is 0. The van der Waals surface area contributed by atoms with Crippen molar-refractivity contribution in [2.45, 2.75) is 25.2 Å². The summed E-state index contributed by atoms with van der Waals surface area (Å²) in [4.78, 5) is 10.5. The van der Waals surface area contributed by atoms with E-state index in [2.05, 4.69) is 40.5 Å². The lowest BCUT2D eigenvalue weighted by Crippen LogP contribution is -2.09. The Morgan fingerprint density at radius 2 is 1.63 bits per heavy atom. The molecule has 1 heterocycles. The van der Waals surface area contributed by atoms with Gasteiger partial charge in [0.25, 0.3) is 0 Å². The highest BCUT2D eigenvalue weighted by molar-refractivity contribution is 7.98. The predicted octanol–water partition coefficient (Wildman–Crippen LogP) is 2.98. The molecule has 0 saturated carbocycles. The first kappa shape index (κ1) is 14.0. The smallest absolute Gasteiger partial charge is 0.159 e. The van der Waals surface area contributed by atoms with Crippen molar-refractivity contribution in [2.24, 2.45) is 5.73 Å². The molecule has 0 saturated heterocycles. The second-order valence-electron chi connectivity index (χ2n) is 4.46. The van der Waals surface area contributed by atoms with E-state index in [-0.39, 0.29) is 0 Å². The largest absolute Gasteiger partial charge is 0.330 e. The molecule has 1 aromatic heterocycles. The molecule has 0 aliphatic heterocycles. The van der Waals surface area contributed by atoms with E-state index in [1.165, 1.54) is 10.5 Å². The van der Waals surface area contributed by atoms with E-state index in [1.54, 1.807) is 11.8 Å². The first-order valence-corrected chi connectivity index (χ1v) is 7.56. The van der Waals surface area contributed by atoms with Crippen LogP contribution in [0.15, 0.2) is 29.2 Å². The molecule has 0 atom stereocenters. The van der Waals surface area contributed by atoms with Gasteiger partial charge in [-0.25, -0.2) is 9.97 Å². The predicted molar refractivity (Wildman–Crippen MR) is 81.5 cm³/mol. The van der Waals surface area contributed by atoms with E-state index in [1.807, 2.05) is 13.8 Å². The Morgan fingerprint density at radius 3 is 2.11 bits per heavy atom. The van der Waals surface area contributed by atoms with Crippen LogP contribution in [0.1, 0.15) is 17.0 Å². The van der Waals surface area contributed by atoms with Gasteiger partial charge in [0.05, 0.1) is 0 Å². The van der Waals surface area contributed by atoms with Crippen LogP contribution in [0.3, 0.4) is 0 Å². The number of benzene rings is 1. The lowest BCUT2D eigenvalue weighted by atomic mass is 10.1. The minimum atomic E-state index is 0.632. The average molecular weight is 273 g/mol. The summed E-state index contributed by atoms with van der Waals surface area (Å²) in [5.74, 6) is 0.795. The standard InChI is InChI=1S/C15H19N3S/c1-10-14(8-9-16)11(2)18-15(17-10)12-4-6-13(19-3)7-5-12/h4-7H,8-9,16H2,1-3H3. The van der Waals surface area contributed by atoms with Gasteiger partial charge in [0.2, 0.25) is 0 Å². The minimum Gasteiger partial charge on any atom is -0.330 e. The van der Waals surface area contributed by atoms with Gasteiger partial charge in [0.1, 0.15) is 0 Å². The number of aromatic nitrogens is 2. The second-order valence-corrected chi connectivity index (χ2v) is 5.34. The lowest BCUT2D eigenvalue weighted by Gasteiger charge is -2.10. The van der Waals surface area contributed by atoms with Crippen LogP contribution in [0.4, 0.5) is 0 Å². The van der Waals surface area contributed by atoms with Crippen molar-refractivity contribution in [3.63, 3.8) is 0 Å². The van der Waals surface area contributed by atoms with Gasteiger partial charge >= 0.3 is 0 Å². The number of nitrogens with two attached hydrogens (primary N) is 1. The van der Waals surface area contributed by atoms with Gasteiger partial charge in [-0.1, -0.05) is 12.1 Å². The zero-order chi connectivity index (χ0) is 13.8. The van der Waals surface area contributed by atoms with Gasteiger partial charge < -0.3 is 5.73 Å². The summed E-state index contributed by atoms with van der Waals surface area (Å²) in [6, 6.07) is 8.34. The molecule has 100 valence electrons. The maximum atomic E-state index is 5.62. The molecular weight excluding hydrogens is 254 g/mol. The molecule has 0 fully saturated rings. The molecule has 4 heteroatoms. The Morgan fingerprint density at radius 1 is 1.05 bits per heavy atom. The summed E-state index contributed by atoms with van der Waals surface area (Å²) >= 11 is 1.73. The number of hydrogen-bond donors (Lipinski definition) is 1. The maximum Gasteiger partial charge on any atom is 0.159 e. The molecule has 0 amide bonds. The van der Waals surface area contributed by atoms with E-state index >= 15 is 0 Å². The normalized spacial score (nSPS) is 10.7. The molecule has 0 aliphatic carbocycles. The molecule has 0 aliphatic rings. The number of thioether (sulfide) groups is 1. The van der Waals surface area contributed by atoms with Gasteiger partial charge in [-0.15, -0.1) is 11.8 Å². The quantitative estimate of drug-likeness (QED) is 0.870. The molecule has 0 radical (unpaired) electrons. The second kappa shape index (κ2) is 6.17. The fourth-order valence-electron chi connectivity index (χ4n) is 2.11. The Labute approximate surface area is 118 Å². The molecule has 2 N–H and O–H groups in total. The highest BCUT2D eigenvalue weighted by atomic mass is 32.2.